The molecule has 1 aromatic heterocycles. The van der Waals surface area contributed by atoms with Crippen molar-refractivity contribution >= 4 is 33.6 Å². The van der Waals surface area contributed by atoms with E-state index in [0.717, 1.165) is 34.9 Å². The number of hydrogen-bond acceptors (Lipinski definition) is 6. The molecule has 1 aliphatic rings. The summed E-state index contributed by atoms with van der Waals surface area (Å²) in [5.74, 6) is -0.609. The third-order valence-corrected chi connectivity index (χ3v) is 5.59. The average molecular weight is 395 g/mol. The first-order valence-electron chi connectivity index (χ1n) is 9.03. The Bertz CT molecular complexity index is 1060. The number of nitrogens with one attached hydrogen (secondary N) is 1. The van der Waals surface area contributed by atoms with Crippen LogP contribution in [-0.2, 0) is 16.8 Å². The summed E-state index contributed by atoms with van der Waals surface area (Å²) in [6.45, 7) is 0. The summed E-state index contributed by atoms with van der Waals surface area (Å²) in [7, 11) is 0. The Morgan fingerprint density at radius 3 is 2.46 bits per heavy atom. The third-order valence-electron chi connectivity index (χ3n) is 5.02. The van der Waals surface area contributed by atoms with Gasteiger partial charge >= 0.3 is 0 Å². The summed E-state index contributed by atoms with van der Waals surface area (Å²) in [6.07, 6.45) is 3.28. The summed E-state index contributed by atoms with van der Waals surface area (Å²) in [5, 5.41) is 12.4. The molecule has 0 saturated heterocycles. The maximum Gasteiger partial charge on any atom is 0.271 e. The maximum absolute atomic E-state index is 11.8. The monoisotopic (exact) mass is 395 g/mol. The van der Waals surface area contributed by atoms with Crippen LogP contribution in [0.25, 0.3) is 22.0 Å². The molecule has 8 heteroatoms. The van der Waals surface area contributed by atoms with Crippen LogP contribution in [0.2, 0.25) is 0 Å². The second-order valence-electron chi connectivity index (χ2n) is 6.94. The lowest BCUT2D eigenvalue weighted by Crippen LogP contribution is -2.29. The van der Waals surface area contributed by atoms with Gasteiger partial charge in [-0.3, -0.25) is 9.00 Å². The van der Waals surface area contributed by atoms with Gasteiger partial charge < -0.3 is 15.6 Å². The van der Waals surface area contributed by atoms with Crippen LogP contribution in [0.3, 0.4) is 0 Å². The van der Waals surface area contributed by atoms with E-state index in [4.69, 9.17) is 5.73 Å². The zero-order chi connectivity index (χ0) is 19.7. The Kier molecular flexibility index (Phi) is 5.06. The highest BCUT2D eigenvalue weighted by atomic mass is 32.2. The number of aromatic nitrogens is 2. The summed E-state index contributed by atoms with van der Waals surface area (Å²) in [6, 6.07) is 13.4. The molecule has 3 N–H and O–H groups in total. The molecule has 1 unspecified atom stereocenters. The fourth-order valence-electron chi connectivity index (χ4n) is 3.29. The molecule has 1 heterocycles. The van der Waals surface area contributed by atoms with Gasteiger partial charge in [0, 0.05) is 17.2 Å². The van der Waals surface area contributed by atoms with Crippen molar-refractivity contribution in [2.45, 2.75) is 31.1 Å². The normalized spacial score (nSPS) is 15.2. The van der Waals surface area contributed by atoms with Gasteiger partial charge in [-0.25, -0.2) is 0 Å². The highest BCUT2D eigenvalue weighted by Crippen LogP contribution is 2.32. The van der Waals surface area contributed by atoms with Gasteiger partial charge in [-0.05, 0) is 48.1 Å². The number of fused-ring (bicyclic) bond motifs is 1. The number of rotatable bonds is 6. The van der Waals surface area contributed by atoms with Crippen LogP contribution in [0.1, 0.15) is 35.3 Å². The molecule has 0 bridgehead atoms. The quantitative estimate of drug-likeness (QED) is 0.619. The molecule has 0 radical (unpaired) electrons. The summed E-state index contributed by atoms with van der Waals surface area (Å²) in [4.78, 5) is 11.8. The van der Waals surface area contributed by atoms with Crippen molar-refractivity contribution < 1.29 is 13.6 Å². The molecule has 3 aromatic rings. The SMILES string of the molecule is NC(=O)c1nnc2cc(-c3ccc(CS(=O)[O-])cc3)ccc2c1NC1CCC1. The van der Waals surface area contributed by atoms with Crippen molar-refractivity contribution in [3.05, 3.63) is 53.7 Å². The van der Waals surface area contributed by atoms with E-state index in [1.807, 2.05) is 30.3 Å². The average Bonchev–Trinajstić information content (AvgIpc) is 2.64. The zero-order valence-electron chi connectivity index (χ0n) is 15.1. The summed E-state index contributed by atoms with van der Waals surface area (Å²) >= 11 is -2.11. The van der Waals surface area contributed by atoms with Crippen molar-refractivity contribution in [2.24, 2.45) is 5.73 Å². The third kappa shape index (κ3) is 3.74. The maximum atomic E-state index is 11.8. The number of nitrogens with zero attached hydrogens (tertiary/aromatic N) is 2. The van der Waals surface area contributed by atoms with Crippen LogP contribution in [0, 0.1) is 0 Å². The first-order chi connectivity index (χ1) is 13.5. The molecule has 7 nitrogen and oxygen atoms in total. The predicted molar refractivity (Wildman–Crippen MR) is 107 cm³/mol. The van der Waals surface area contributed by atoms with Gasteiger partial charge in [0.2, 0.25) is 0 Å². The topological polar surface area (TPSA) is 121 Å². The first kappa shape index (κ1) is 18.5. The van der Waals surface area contributed by atoms with E-state index < -0.39 is 17.0 Å². The van der Waals surface area contributed by atoms with Crippen molar-refractivity contribution in [3.63, 3.8) is 0 Å². The van der Waals surface area contributed by atoms with E-state index in [0.29, 0.717) is 17.2 Å². The van der Waals surface area contributed by atoms with E-state index in [1.54, 1.807) is 12.1 Å². The van der Waals surface area contributed by atoms with Crippen LogP contribution in [0.15, 0.2) is 42.5 Å². The van der Waals surface area contributed by atoms with Gasteiger partial charge in [-0.2, -0.15) is 0 Å². The van der Waals surface area contributed by atoms with Gasteiger partial charge in [-0.1, -0.05) is 41.4 Å². The molecule has 28 heavy (non-hydrogen) atoms. The fourth-order valence-corrected chi connectivity index (χ4v) is 3.76. The van der Waals surface area contributed by atoms with E-state index >= 15 is 0 Å². The largest absolute Gasteiger partial charge is 0.772 e. The number of benzene rings is 2. The lowest BCUT2D eigenvalue weighted by Gasteiger charge is -2.28. The van der Waals surface area contributed by atoms with Crippen LogP contribution < -0.4 is 11.1 Å². The lowest BCUT2D eigenvalue weighted by molar-refractivity contribution is 0.0995. The van der Waals surface area contributed by atoms with Crippen molar-refractivity contribution in [1.82, 2.24) is 10.2 Å². The molecule has 1 atom stereocenters. The zero-order valence-corrected chi connectivity index (χ0v) is 15.9. The Morgan fingerprint density at radius 1 is 1.14 bits per heavy atom. The van der Waals surface area contributed by atoms with Gasteiger partial charge in [0.05, 0.1) is 11.2 Å². The van der Waals surface area contributed by atoms with Gasteiger partial charge in [0.1, 0.15) is 0 Å². The number of nitrogens with two attached hydrogens (primary N) is 1. The highest BCUT2D eigenvalue weighted by Gasteiger charge is 2.22. The second kappa shape index (κ2) is 7.65. The summed E-state index contributed by atoms with van der Waals surface area (Å²) < 4.78 is 21.7. The van der Waals surface area contributed by atoms with Gasteiger partial charge in [-0.15, -0.1) is 10.2 Å². The first-order valence-corrected chi connectivity index (χ1v) is 10.3. The predicted octanol–water partition coefficient (Wildman–Crippen LogP) is 2.74. The van der Waals surface area contributed by atoms with Gasteiger partial charge in [0.15, 0.2) is 5.69 Å². The second-order valence-corrected chi connectivity index (χ2v) is 7.83. The molecule has 1 amide bonds. The number of primary amides is 1. The number of carbonyl (C=O) groups is 1. The molecule has 1 saturated carbocycles. The van der Waals surface area contributed by atoms with E-state index in [1.165, 1.54) is 6.42 Å². The molecule has 2 aromatic carbocycles. The van der Waals surface area contributed by atoms with Crippen molar-refractivity contribution in [1.29, 1.82) is 0 Å². The molecule has 0 spiro atoms. The number of amides is 1. The Morgan fingerprint density at radius 2 is 1.86 bits per heavy atom. The highest BCUT2D eigenvalue weighted by molar-refractivity contribution is 7.78. The minimum atomic E-state index is -2.11. The number of anilines is 1. The van der Waals surface area contributed by atoms with E-state index in [2.05, 4.69) is 15.5 Å². The molecule has 144 valence electrons. The van der Waals surface area contributed by atoms with E-state index in [-0.39, 0.29) is 11.4 Å². The lowest BCUT2D eigenvalue weighted by atomic mass is 9.92. The number of carbonyl (C=O) groups excluding carboxylic acids is 1. The number of hydrogen-bond donors (Lipinski definition) is 2. The minimum absolute atomic E-state index is 0.00440. The molecule has 0 aliphatic heterocycles. The summed E-state index contributed by atoms with van der Waals surface area (Å²) in [5.41, 5.74) is 9.54. The Hall–Kier alpha value is -2.84. The molecular formula is C20H19N4O3S-. The van der Waals surface area contributed by atoms with Crippen molar-refractivity contribution in [2.75, 3.05) is 5.32 Å². The molecule has 1 fully saturated rings. The smallest absolute Gasteiger partial charge is 0.271 e. The standard InChI is InChI=1S/C20H20N4O3S/c21-20(25)19-18(22-15-2-1-3-15)16-9-8-14(10-17(16)23-24-19)13-6-4-12(5-7-13)11-28(26)27/h4-10,15H,1-3,11H2,(H2,21,25)(H,22,23)(H,26,27)/p-1. The van der Waals surface area contributed by atoms with Crippen LogP contribution in [-0.4, -0.2) is 30.9 Å². The minimum Gasteiger partial charge on any atom is -0.772 e. The fraction of sp³-hybridized carbons (Fsp3) is 0.250. The molecule has 1 aliphatic carbocycles. The Labute approximate surface area is 164 Å². The van der Waals surface area contributed by atoms with Crippen molar-refractivity contribution in [3.8, 4) is 11.1 Å². The van der Waals surface area contributed by atoms with Gasteiger partial charge in [0.25, 0.3) is 5.91 Å². The van der Waals surface area contributed by atoms with Crippen LogP contribution in [0.5, 0.6) is 0 Å². The Balaban J connectivity index is 1.71. The molecule has 4 rings (SSSR count). The van der Waals surface area contributed by atoms with Crippen LogP contribution in [0.4, 0.5) is 5.69 Å². The van der Waals surface area contributed by atoms with Crippen LogP contribution >= 0.6 is 0 Å². The molecular weight excluding hydrogens is 376 g/mol. The van der Waals surface area contributed by atoms with E-state index in [9.17, 15) is 13.6 Å².